The molecule has 1 atom stereocenters. The van der Waals surface area contributed by atoms with Crippen LogP contribution in [0.3, 0.4) is 0 Å². The molecular weight excluding hydrogens is 222 g/mol. The van der Waals surface area contributed by atoms with Crippen LogP contribution in [0.2, 0.25) is 0 Å². The van der Waals surface area contributed by atoms with Crippen molar-refractivity contribution < 1.29 is 0 Å². The van der Waals surface area contributed by atoms with Gasteiger partial charge in [0, 0.05) is 18.9 Å². The number of aromatic nitrogens is 2. The highest BCUT2D eigenvalue weighted by molar-refractivity contribution is 5.41. The Balaban J connectivity index is 1.92. The summed E-state index contributed by atoms with van der Waals surface area (Å²) in [7, 11) is 0. The summed E-state index contributed by atoms with van der Waals surface area (Å²) in [6.07, 6.45) is 7.40. The number of anilines is 1. The Morgan fingerprint density at radius 2 is 1.78 bits per heavy atom. The molecule has 1 aliphatic heterocycles. The van der Waals surface area contributed by atoms with Crippen LogP contribution in [0.1, 0.15) is 31.0 Å². The maximum atomic E-state index is 4.51. The third-order valence-corrected chi connectivity index (χ3v) is 3.48. The first-order valence-electron chi connectivity index (χ1n) is 6.54. The maximum absolute atomic E-state index is 4.51. The molecule has 92 valence electrons. The molecule has 0 spiro atoms. The van der Waals surface area contributed by atoms with Gasteiger partial charge in [-0.3, -0.25) is 4.98 Å². The standard InChI is InChI=1S/C15H17N3/c1-4-10-16-13(7-1)14-8-3-6-12-18(14)15-9-2-5-11-17-15/h1-2,4-5,7,9-11,14H,3,6,8,12H2. The minimum atomic E-state index is 0.370. The molecule has 0 N–H and O–H groups in total. The minimum absolute atomic E-state index is 0.370. The van der Waals surface area contributed by atoms with Crippen LogP contribution < -0.4 is 4.90 Å². The Morgan fingerprint density at radius 1 is 0.944 bits per heavy atom. The van der Waals surface area contributed by atoms with E-state index in [0.717, 1.165) is 24.5 Å². The van der Waals surface area contributed by atoms with Crippen LogP contribution >= 0.6 is 0 Å². The molecule has 1 fully saturated rings. The average Bonchev–Trinajstić information content (AvgIpc) is 2.49. The summed E-state index contributed by atoms with van der Waals surface area (Å²) < 4.78 is 0. The van der Waals surface area contributed by atoms with Crippen molar-refractivity contribution in [3.05, 3.63) is 54.5 Å². The zero-order valence-corrected chi connectivity index (χ0v) is 10.4. The highest BCUT2D eigenvalue weighted by Gasteiger charge is 2.25. The van der Waals surface area contributed by atoms with Gasteiger partial charge in [-0.1, -0.05) is 12.1 Å². The van der Waals surface area contributed by atoms with Crippen molar-refractivity contribution >= 4 is 5.82 Å². The van der Waals surface area contributed by atoms with Gasteiger partial charge in [0.15, 0.2) is 0 Å². The van der Waals surface area contributed by atoms with Crippen molar-refractivity contribution in [3.8, 4) is 0 Å². The van der Waals surface area contributed by atoms with Crippen LogP contribution in [-0.4, -0.2) is 16.5 Å². The third-order valence-electron chi connectivity index (χ3n) is 3.48. The molecule has 0 aromatic carbocycles. The summed E-state index contributed by atoms with van der Waals surface area (Å²) in [6.45, 7) is 1.07. The summed E-state index contributed by atoms with van der Waals surface area (Å²) in [5.41, 5.74) is 1.16. The molecule has 2 aromatic rings. The quantitative estimate of drug-likeness (QED) is 0.805. The van der Waals surface area contributed by atoms with Gasteiger partial charge in [-0.2, -0.15) is 0 Å². The van der Waals surface area contributed by atoms with Crippen molar-refractivity contribution in [2.45, 2.75) is 25.3 Å². The largest absolute Gasteiger partial charge is 0.348 e. The number of hydrogen-bond acceptors (Lipinski definition) is 3. The molecule has 3 nitrogen and oxygen atoms in total. The summed E-state index contributed by atoms with van der Waals surface area (Å²) in [5.74, 6) is 1.06. The van der Waals surface area contributed by atoms with Gasteiger partial charge in [-0.05, 0) is 43.5 Å². The summed E-state index contributed by atoms with van der Waals surface area (Å²) in [4.78, 5) is 11.4. The molecule has 0 saturated carbocycles. The smallest absolute Gasteiger partial charge is 0.129 e. The fourth-order valence-corrected chi connectivity index (χ4v) is 2.61. The zero-order chi connectivity index (χ0) is 12.2. The Labute approximate surface area is 108 Å². The second-order valence-electron chi connectivity index (χ2n) is 4.65. The molecule has 0 amide bonds. The Hall–Kier alpha value is -1.90. The number of rotatable bonds is 2. The molecule has 3 heterocycles. The molecule has 1 unspecified atom stereocenters. The Morgan fingerprint density at radius 3 is 2.50 bits per heavy atom. The lowest BCUT2D eigenvalue weighted by molar-refractivity contribution is 0.462. The van der Waals surface area contributed by atoms with Crippen LogP contribution in [0, 0.1) is 0 Å². The average molecular weight is 239 g/mol. The van der Waals surface area contributed by atoms with Crippen molar-refractivity contribution in [1.29, 1.82) is 0 Å². The summed E-state index contributed by atoms with van der Waals surface area (Å²) in [5, 5.41) is 0. The van der Waals surface area contributed by atoms with Crippen LogP contribution in [-0.2, 0) is 0 Å². The van der Waals surface area contributed by atoms with Gasteiger partial charge in [0.2, 0.25) is 0 Å². The monoisotopic (exact) mass is 239 g/mol. The lowest BCUT2D eigenvalue weighted by Gasteiger charge is -2.36. The highest BCUT2D eigenvalue weighted by atomic mass is 15.2. The van der Waals surface area contributed by atoms with E-state index in [1.165, 1.54) is 12.8 Å². The molecule has 0 aliphatic carbocycles. The normalized spacial score (nSPS) is 19.8. The van der Waals surface area contributed by atoms with Gasteiger partial charge < -0.3 is 4.90 Å². The van der Waals surface area contributed by atoms with E-state index in [0.29, 0.717) is 6.04 Å². The summed E-state index contributed by atoms with van der Waals surface area (Å²) in [6, 6.07) is 12.6. The molecule has 0 radical (unpaired) electrons. The fraction of sp³-hybridized carbons (Fsp3) is 0.333. The van der Waals surface area contributed by atoms with E-state index >= 15 is 0 Å². The first-order valence-corrected chi connectivity index (χ1v) is 6.54. The molecular formula is C15H17N3. The summed E-state index contributed by atoms with van der Waals surface area (Å²) >= 11 is 0. The van der Waals surface area contributed by atoms with E-state index in [-0.39, 0.29) is 0 Å². The van der Waals surface area contributed by atoms with E-state index in [1.54, 1.807) is 0 Å². The van der Waals surface area contributed by atoms with E-state index < -0.39 is 0 Å². The molecule has 18 heavy (non-hydrogen) atoms. The number of hydrogen-bond donors (Lipinski definition) is 0. The van der Waals surface area contributed by atoms with Crippen LogP contribution in [0.25, 0.3) is 0 Å². The van der Waals surface area contributed by atoms with Crippen LogP contribution in [0.15, 0.2) is 48.8 Å². The Kier molecular flexibility index (Phi) is 3.22. The van der Waals surface area contributed by atoms with E-state index in [1.807, 2.05) is 30.6 Å². The number of piperidine rings is 1. The van der Waals surface area contributed by atoms with Gasteiger partial charge in [0.05, 0.1) is 11.7 Å². The minimum Gasteiger partial charge on any atom is -0.348 e. The topological polar surface area (TPSA) is 29.0 Å². The Bertz CT molecular complexity index is 436. The van der Waals surface area contributed by atoms with Crippen LogP contribution in [0.5, 0.6) is 0 Å². The number of nitrogens with zero attached hydrogens (tertiary/aromatic N) is 3. The molecule has 1 aliphatic rings. The van der Waals surface area contributed by atoms with Gasteiger partial charge >= 0.3 is 0 Å². The van der Waals surface area contributed by atoms with Crippen LogP contribution in [0.4, 0.5) is 5.82 Å². The van der Waals surface area contributed by atoms with Crippen molar-refractivity contribution in [2.75, 3.05) is 11.4 Å². The van der Waals surface area contributed by atoms with Gasteiger partial charge in [0.25, 0.3) is 0 Å². The second-order valence-corrected chi connectivity index (χ2v) is 4.65. The lowest BCUT2D eigenvalue weighted by Crippen LogP contribution is -2.34. The van der Waals surface area contributed by atoms with Crippen molar-refractivity contribution in [2.24, 2.45) is 0 Å². The highest BCUT2D eigenvalue weighted by Crippen LogP contribution is 2.32. The maximum Gasteiger partial charge on any atom is 0.129 e. The van der Waals surface area contributed by atoms with Crippen molar-refractivity contribution in [3.63, 3.8) is 0 Å². The molecule has 1 saturated heterocycles. The van der Waals surface area contributed by atoms with E-state index in [2.05, 4.69) is 33.1 Å². The van der Waals surface area contributed by atoms with Gasteiger partial charge in [-0.25, -0.2) is 4.98 Å². The second kappa shape index (κ2) is 5.17. The first-order chi connectivity index (χ1) is 8.95. The molecule has 3 heteroatoms. The lowest BCUT2D eigenvalue weighted by atomic mass is 9.99. The van der Waals surface area contributed by atoms with Gasteiger partial charge in [-0.15, -0.1) is 0 Å². The molecule has 2 aromatic heterocycles. The molecule has 3 rings (SSSR count). The SMILES string of the molecule is c1ccc(C2CCCCN2c2ccccn2)nc1. The predicted octanol–water partition coefficient (Wildman–Crippen LogP) is 3.21. The fourth-order valence-electron chi connectivity index (χ4n) is 2.61. The first kappa shape index (κ1) is 11.2. The van der Waals surface area contributed by atoms with Gasteiger partial charge in [0.1, 0.15) is 5.82 Å². The zero-order valence-electron chi connectivity index (χ0n) is 10.4. The third kappa shape index (κ3) is 2.21. The van der Waals surface area contributed by atoms with E-state index in [4.69, 9.17) is 0 Å². The number of pyridine rings is 2. The van der Waals surface area contributed by atoms with Crippen molar-refractivity contribution in [1.82, 2.24) is 9.97 Å². The molecule has 0 bridgehead atoms. The predicted molar refractivity (Wildman–Crippen MR) is 72.4 cm³/mol. The van der Waals surface area contributed by atoms with E-state index in [9.17, 15) is 0 Å².